The number of benzene rings is 3. The molecular weight excluding hydrogens is 648 g/mol. The fourth-order valence-electron chi connectivity index (χ4n) is 4.56. The first-order chi connectivity index (χ1) is 24.2. The molecular formula is C36H44N4O10. The summed E-state index contributed by atoms with van der Waals surface area (Å²) in [5.41, 5.74) is 1.04. The molecule has 0 aliphatic carbocycles. The molecule has 0 fully saturated rings. The third-order valence-corrected chi connectivity index (χ3v) is 6.93. The lowest BCUT2D eigenvalue weighted by molar-refractivity contribution is 0.0123. The van der Waals surface area contributed by atoms with E-state index in [1.54, 1.807) is 55.5 Å². The van der Waals surface area contributed by atoms with Crippen molar-refractivity contribution in [1.82, 2.24) is 15.0 Å². The molecule has 2 atom stereocenters. The number of ether oxygens (including phenoxy) is 5. The molecule has 5 N–H and O–H groups in total. The maximum Gasteiger partial charge on any atom is 0.340 e. The van der Waals surface area contributed by atoms with Crippen molar-refractivity contribution in [1.29, 1.82) is 0 Å². The second-order valence-corrected chi connectivity index (χ2v) is 11.1. The number of nitrogens with zero attached hydrogens (tertiary/aromatic N) is 3. The molecule has 14 heteroatoms. The van der Waals surface area contributed by atoms with Crippen molar-refractivity contribution in [3.8, 4) is 45.8 Å². The Bertz CT molecular complexity index is 1600. The molecule has 0 aliphatic rings. The number of hydrogen-bond donors (Lipinski definition) is 5. The highest BCUT2D eigenvalue weighted by molar-refractivity contribution is 5.96. The summed E-state index contributed by atoms with van der Waals surface area (Å²) in [6.07, 6.45) is -0.0438. The highest BCUT2D eigenvalue weighted by atomic mass is 16.5. The molecule has 1 aromatic heterocycles. The smallest absolute Gasteiger partial charge is 0.340 e. The van der Waals surface area contributed by atoms with Crippen LogP contribution in [0.1, 0.15) is 44.0 Å². The average Bonchev–Trinajstić information content (AvgIpc) is 3.10. The van der Waals surface area contributed by atoms with E-state index in [-0.39, 0.29) is 78.8 Å². The second kappa shape index (κ2) is 19.2. The van der Waals surface area contributed by atoms with Crippen molar-refractivity contribution in [2.75, 3.05) is 51.6 Å². The van der Waals surface area contributed by atoms with Gasteiger partial charge in [0.15, 0.2) is 11.6 Å². The molecule has 0 radical (unpaired) electrons. The highest BCUT2D eigenvalue weighted by Crippen LogP contribution is 2.35. The van der Waals surface area contributed by atoms with Gasteiger partial charge in [0.2, 0.25) is 5.95 Å². The summed E-state index contributed by atoms with van der Waals surface area (Å²) in [6, 6.07) is 15.7. The van der Waals surface area contributed by atoms with Crippen LogP contribution in [0.15, 0.2) is 60.7 Å². The Balaban J connectivity index is 1.65. The van der Waals surface area contributed by atoms with Crippen LogP contribution in [0.5, 0.6) is 23.0 Å². The Hall–Kier alpha value is -5.02. The first-order valence-electron chi connectivity index (χ1n) is 16.5. The van der Waals surface area contributed by atoms with E-state index in [0.29, 0.717) is 30.4 Å². The molecule has 268 valence electrons. The van der Waals surface area contributed by atoms with Gasteiger partial charge >= 0.3 is 5.97 Å². The van der Waals surface area contributed by atoms with Crippen molar-refractivity contribution in [3.05, 3.63) is 66.2 Å². The van der Waals surface area contributed by atoms with Gasteiger partial charge in [-0.05, 0) is 56.2 Å². The third kappa shape index (κ3) is 11.0. The molecule has 0 aliphatic heterocycles. The fourth-order valence-corrected chi connectivity index (χ4v) is 4.56. The minimum Gasteiger partial charge on any atom is -0.507 e. The van der Waals surface area contributed by atoms with E-state index in [1.807, 2.05) is 13.8 Å². The van der Waals surface area contributed by atoms with Crippen molar-refractivity contribution in [2.24, 2.45) is 0 Å². The molecule has 50 heavy (non-hydrogen) atoms. The molecule has 0 bridgehead atoms. The number of aliphatic hydroxyl groups is 2. The molecule has 4 rings (SSSR count). The summed E-state index contributed by atoms with van der Waals surface area (Å²) in [7, 11) is 0. The van der Waals surface area contributed by atoms with Crippen LogP contribution in [0.3, 0.4) is 0 Å². The molecule has 0 saturated carbocycles. The number of carbonyl (C=O) groups excluding carboxylic acids is 1. The topological polar surface area (TPSA) is 195 Å². The molecule has 14 nitrogen and oxygen atoms in total. The van der Waals surface area contributed by atoms with Gasteiger partial charge in [0.05, 0.1) is 42.2 Å². The Kier molecular flexibility index (Phi) is 14.5. The van der Waals surface area contributed by atoms with E-state index >= 15 is 0 Å². The second-order valence-electron chi connectivity index (χ2n) is 11.1. The van der Waals surface area contributed by atoms with Gasteiger partial charge in [-0.15, -0.1) is 0 Å². The quantitative estimate of drug-likeness (QED) is 0.0622. The lowest BCUT2D eigenvalue weighted by Gasteiger charge is -2.15. The standard InChI is InChI=1S/C36H44N4O10/c1-4-15-46-19-23(41)21-49-25-11-13-28(31(43)17-25)33-38-34(29-14-12-26(18-32(29)44)50-22-24(42)20-47-16-5-2)40-36(39-33)37-30-10-8-7-9-27(30)35(45)48-6-3/h7-14,17-18,23-24,41-44H,4-6,15-16,19-22H2,1-3H3,(H,37,38,39,40). The van der Waals surface area contributed by atoms with E-state index in [9.17, 15) is 25.2 Å². The molecule has 4 aromatic rings. The van der Waals surface area contributed by atoms with E-state index < -0.39 is 18.2 Å². The normalized spacial score (nSPS) is 12.3. The summed E-state index contributed by atoms with van der Waals surface area (Å²) in [4.78, 5) is 26.2. The molecule has 2 unspecified atom stereocenters. The monoisotopic (exact) mass is 692 g/mol. The molecule has 0 spiro atoms. The molecule has 0 saturated heterocycles. The zero-order valence-electron chi connectivity index (χ0n) is 28.4. The number of aliphatic hydroxyl groups excluding tert-OH is 2. The summed E-state index contributed by atoms with van der Waals surface area (Å²) in [5, 5.41) is 45.3. The molecule has 3 aromatic carbocycles. The van der Waals surface area contributed by atoms with E-state index in [2.05, 4.69) is 20.3 Å². The Morgan fingerprint density at radius 2 is 1.24 bits per heavy atom. The average molecular weight is 693 g/mol. The van der Waals surface area contributed by atoms with Crippen LogP contribution in [0, 0.1) is 0 Å². The summed E-state index contributed by atoms with van der Waals surface area (Å²) >= 11 is 0. The number of rotatable bonds is 20. The van der Waals surface area contributed by atoms with Crippen LogP contribution >= 0.6 is 0 Å². The zero-order chi connectivity index (χ0) is 35.9. The zero-order valence-corrected chi connectivity index (χ0v) is 28.4. The van der Waals surface area contributed by atoms with Crippen LogP contribution in [0.2, 0.25) is 0 Å². The van der Waals surface area contributed by atoms with E-state index in [0.717, 1.165) is 12.8 Å². The van der Waals surface area contributed by atoms with Gasteiger partial charge in [0, 0.05) is 25.3 Å². The number of esters is 1. The Labute approximate surface area is 290 Å². The van der Waals surface area contributed by atoms with E-state index in [4.69, 9.17) is 23.7 Å². The number of nitrogens with one attached hydrogen (secondary N) is 1. The summed E-state index contributed by atoms with van der Waals surface area (Å²) < 4.78 is 27.2. The van der Waals surface area contributed by atoms with Crippen molar-refractivity contribution in [3.63, 3.8) is 0 Å². The van der Waals surface area contributed by atoms with Gasteiger partial charge < -0.3 is 49.4 Å². The highest BCUT2D eigenvalue weighted by Gasteiger charge is 2.19. The van der Waals surface area contributed by atoms with Crippen molar-refractivity contribution >= 4 is 17.6 Å². The Morgan fingerprint density at radius 1 is 0.720 bits per heavy atom. The van der Waals surface area contributed by atoms with Crippen LogP contribution in [0.4, 0.5) is 11.6 Å². The number of hydrogen-bond acceptors (Lipinski definition) is 14. The number of aromatic hydroxyl groups is 2. The number of phenols is 2. The molecule has 1 heterocycles. The number of anilines is 2. The predicted octanol–water partition coefficient (Wildman–Crippen LogP) is 4.87. The van der Waals surface area contributed by atoms with Gasteiger partial charge in [-0.1, -0.05) is 26.0 Å². The van der Waals surface area contributed by atoms with E-state index in [1.165, 1.54) is 12.1 Å². The number of para-hydroxylation sites is 1. The predicted molar refractivity (Wildman–Crippen MR) is 185 cm³/mol. The lowest BCUT2D eigenvalue weighted by atomic mass is 10.1. The van der Waals surface area contributed by atoms with Gasteiger partial charge in [-0.3, -0.25) is 0 Å². The number of carbonyl (C=O) groups is 1. The summed E-state index contributed by atoms with van der Waals surface area (Å²) in [6.45, 7) is 7.04. The minimum atomic E-state index is -0.852. The van der Waals surface area contributed by atoms with Crippen LogP contribution in [-0.4, -0.2) is 99.8 Å². The van der Waals surface area contributed by atoms with Gasteiger partial charge in [0.25, 0.3) is 0 Å². The SMILES string of the molecule is CCCOCC(O)COc1ccc(-c2nc(Nc3ccccc3C(=O)OCC)nc(-c3ccc(OCC(O)COCCC)cc3O)n2)c(O)c1. The first-order valence-corrected chi connectivity index (χ1v) is 16.5. The largest absolute Gasteiger partial charge is 0.507 e. The van der Waals surface area contributed by atoms with Gasteiger partial charge in [-0.2, -0.15) is 9.97 Å². The number of aromatic nitrogens is 3. The van der Waals surface area contributed by atoms with Crippen molar-refractivity contribution in [2.45, 2.75) is 45.8 Å². The Morgan fingerprint density at radius 3 is 1.72 bits per heavy atom. The van der Waals surface area contributed by atoms with Gasteiger partial charge in [0.1, 0.15) is 48.4 Å². The fraction of sp³-hybridized carbons (Fsp3) is 0.389. The maximum absolute atomic E-state index is 12.7. The van der Waals surface area contributed by atoms with Crippen molar-refractivity contribution < 1.29 is 48.9 Å². The van der Waals surface area contributed by atoms with Crippen LogP contribution in [-0.2, 0) is 14.2 Å². The van der Waals surface area contributed by atoms with Gasteiger partial charge in [-0.25, -0.2) is 9.78 Å². The summed E-state index contributed by atoms with van der Waals surface area (Å²) in [5.74, 6) is -0.301. The first kappa shape index (κ1) is 37.8. The van der Waals surface area contributed by atoms with Crippen LogP contribution < -0.4 is 14.8 Å². The van der Waals surface area contributed by atoms with Crippen LogP contribution in [0.25, 0.3) is 22.8 Å². The third-order valence-electron chi connectivity index (χ3n) is 6.93. The molecule has 0 amide bonds. The number of phenolic OH excluding ortho intramolecular Hbond substituents is 2. The maximum atomic E-state index is 12.7. The lowest BCUT2D eigenvalue weighted by Crippen LogP contribution is -2.23. The minimum absolute atomic E-state index is 0.00612.